The van der Waals surface area contributed by atoms with Crippen LogP contribution in [-0.2, 0) is 11.4 Å². The molecule has 0 atom stereocenters. The number of nitrogens with one attached hydrogen (secondary N) is 1. The second kappa shape index (κ2) is 7.84. The van der Waals surface area contributed by atoms with Gasteiger partial charge in [-0.1, -0.05) is 47.5 Å². The molecule has 0 aliphatic heterocycles. The van der Waals surface area contributed by atoms with Crippen LogP contribution in [0.25, 0.3) is 6.08 Å². The van der Waals surface area contributed by atoms with Crippen LogP contribution in [0.2, 0.25) is 10.0 Å². The minimum absolute atomic E-state index is 0.324. The zero-order valence-corrected chi connectivity index (χ0v) is 13.1. The molecular formula is C16H14Cl2N2O2. The van der Waals surface area contributed by atoms with Crippen molar-refractivity contribution in [1.29, 1.82) is 0 Å². The van der Waals surface area contributed by atoms with Gasteiger partial charge in [0.2, 0.25) is 0 Å². The van der Waals surface area contributed by atoms with Crippen molar-refractivity contribution < 1.29 is 9.53 Å². The smallest absolute Gasteiger partial charge is 0.257 e. The van der Waals surface area contributed by atoms with Crippen LogP contribution in [0.1, 0.15) is 11.1 Å². The SMILES string of the molecule is NNC(=O)/C=C/c1ccc(OCc2ccccc2Cl)c(Cl)c1. The van der Waals surface area contributed by atoms with Gasteiger partial charge in [0, 0.05) is 16.7 Å². The van der Waals surface area contributed by atoms with Crippen molar-refractivity contribution in [2.45, 2.75) is 6.61 Å². The van der Waals surface area contributed by atoms with E-state index < -0.39 is 5.91 Å². The van der Waals surface area contributed by atoms with E-state index in [2.05, 4.69) is 0 Å². The summed E-state index contributed by atoms with van der Waals surface area (Å²) < 4.78 is 5.67. The fourth-order valence-corrected chi connectivity index (χ4v) is 2.16. The maximum absolute atomic E-state index is 11.0. The van der Waals surface area contributed by atoms with E-state index in [4.69, 9.17) is 33.8 Å². The van der Waals surface area contributed by atoms with E-state index in [0.717, 1.165) is 11.1 Å². The molecule has 4 nitrogen and oxygen atoms in total. The monoisotopic (exact) mass is 336 g/mol. The Morgan fingerprint density at radius 2 is 1.95 bits per heavy atom. The second-order valence-corrected chi connectivity index (χ2v) is 5.23. The first-order valence-corrected chi connectivity index (χ1v) is 7.20. The van der Waals surface area contributed by atoms with E-state index in [-0.39, 0.29) is 0 Å². The Labute approximate surface area is 138 Å². The van der Waals surface area contributed by atoms with Crippen molar-refractivity contribution >= 4 is 35.2 Å². The van der Waals surface area contributed by atoms with Gasteiger partial charge in [0.25, 0.3) is 5.91 Å². The summed E-state index contributed by atoms with van der Waals surface area (Å²) in [4.78, 5) is 11.0. The normalized spacial score (nSPS) is 10.7. The molecule has 0 heterocycles. The molecule has 0 aromatic heterocycles. The van der Waals surface area contributed by atoms with Crippen molar-refractivity contribution in [1.82, 2.24) is 5.43 Å². The summed E-state index contributed by atoms with van der Waals surface area (Å²) in [6.45, 7) is 0.324. The first kappa shape index (κ1) is 16.4. The summed E-state index contributed by atoms with van der Waals surface area (Å²) in [6.07, 6.45) is 2.92. The highest BCUT2D eigenvalue weighted by Gasteiger charge is 2.05. The quantitative estimate of drug-likeness (QED) is 0.379. The van der Waals surface area contributed by atoms with E-state index >= 15 is 0 Å². The number of carbonyl (C=O) groups excluding carboxylic acids is 1. The highest BCUT2D eigenvalue weighted by molar-refractivity contribution is 6.32. The molecule has 0 unspecified atom stereocenters. The van der Waals surface area contributed by atoms with Gasteiger partial charge in [-0.3, -0.25) is 10.2 Å². The van der Waals surface area contributed by atoms with Crippen LogP contribution in [0, 0.1) is 0 Å². The Kier molecular flexibility index (Phi) is 5.83. The van der Waals surface area contributed by atoms with Crippen molar-refractivity contribution in [3.8, 4) is 5.75 Å². The number of amides is 1. The average Bonchev–Trinajstić information content (AvgIpc) is 2.53. The van der Waals surface area contributed by atoms with Gasteiger partial charge in [0.05, 0.1) is 5.02 Å². The molecule has 2 rings (SSSR count). The summed E-state index contributed by atoms with van der Waals surface area (Å²) >= 11 is 12.2. The third-order valence-electron chi connectivity index (χ3n) is 2.87. The number of benzene rings is 2. The summed E-state index contributed by atoms with van der Waals surface area (Å²) in [7, 11) is 0. The standard InChI is InChI=1S/C16H14Cl2N2O2/c17-13-4-2-1-3-12(13)10-22-15-7-5-11(9-14(15)18)6-8-16(21)20-19/h1-9H,10,19H2,(H,20,21)/b8-6+. The predicted octanol–water partition coefficient (Wildman–Crippen LogP) is 3.58. The number of carbonyl (C=O) groups is 1. The number of hydrogen-bond donors (Lipinski definition) is 2. The molecule has 3 N–H and O–H groups in total. The first-order chi connectivity index (χ1) is 10.6. The molecule has 0 saturated heterocycles. The minimum Gasteiger partial charge on any atom is -0.487 e. The van der Waals surface area contributed by atoms with E-state index in [9.17, 15) is 4.79 Å². The summed E-state index contributed by atoms with van der Waals surface area (Å²) in [5.74, 6) is 5.14. The van der Waals surface area contributed by atoms with Crippen LogP contribution in [0.5, 0.6) is 5.75 Å². The third-order valence-corrected chi connectivity index (χ3v) is 3.53. The molecule has 0 saturated carbocycles. The number of hydrazine groups is 1. The van der Waals surface area contributed by atoms with Crippen molar-refractivity contribution in [2.24, 2.45) is 5.84 Å². The molecule has 6 heteroatoms. The summed E-state index contributed by atoms with van der Waals surface area (Å²) in [6, 6.07) is 12.7. The largest absolute Gasteiger partial charge is 0.487 e. The van der Waals surface area contributed by atoms with Gasteiger partial charge in [0.15, 0.2) is 0 Å². The van der Waals surface area contributed by atoms with Crippen LogP contribution >= 0.6 is 23.2 Å². The lowest BCUT2D eigenvalue weighted by Gasteiger charge is -2.09. The average molecular weight is 337 g/mol. The van der Waals surface area contributed by atoms with Crippen molar-refractivity contribution in [3.05, 3.63) is 69.7 Å². The highest BCUT2D eigenvalue weighted by atomic mass is 35.5. The van der Waals surface area contributed by atoms with E-state index in [1.807, 2.05) is 23.6 Å². The van der Waals surface area contributed by atoms with E-state index in [1.165, 1.54) is 6.08 Å². The van der Waals surface area contributed by atoms with Crippen LogP contribution in [0.4, 0.5) is 0 Å². The number of halogens is 2. The molecule has 22 heavy (non-hydrogen) atoms. The van der Waals surface area contributed by atoms with Crippen LogP contribution < -0.4 is 16.0 Å². The van der Waals surface area contributed by atoms with Crippen LogP contribution in [-0.4, -0.2) is 5.91 Å². The Hall–Kier alpha value is -2.01. The fraction of sp³-hybridized carbons (Fsp3) is 0.0625. The van der Waals surface area contributed by atoms with Gasteiger partial charge in [-0.05, 0) is 29.8 Å². The van der Waals surface area contributed by atoms with Gasteiger partial charge in [-0.25, -0.2) is 5.84 Å². The molecular weight excluding hydrogens is 323 g/mol. The Morgan fingerprint density at radius 1 is 1.18 bits per heavy atom. The molecule has 0 spiro atoms. The number of hydrogen-bond acceptors (Lipinski definition) is 3. The molecule has 1 amide bonds. The minimum atomic E-state index is -0.393. The molecule has 0 bridgehead atoms. The Bertz CT molecular complexity index is 702. The second-order valence-electron chi connectivity index (χ2n) is 4.41. The Balaban J connectivity index is 2.05. The van der Waals surface area contributed by atoms with E-state index in [1.54, 1.807) is 30.3 Å². The molecule has 2 aromatic carbocycles. The third kappa shape index (κ3) is 4.49. The van der Waals surface area contributed by atoms with Gasteiger partial charge >= 0.3 is 0 Å². The highest BCUT2D eigenvalue weighted by Crippen LogP contribution is 2.27. The first-order valence-electron chi connectivity index (χ1n) is 6.44. The maximum atomic E-state index is 11.0. The van der Waals surface area contributed by atoms with Crippen molar-refractivity contribution in [3.63, 3.8) is 0 Å². The lowest BCUT2D eigenvalue weighted by molar-refractivity contribution is -0.116. The van der Waals surface area contributed by atoms with Crippen molar-refractivity contribution in [2.75, 3.05) is 0 Å². The lowest BCUT2D eigenvalue weighted by atomic mass is 10.2. The zero-order chi connectivity index (χ0) is 15.9. The van der Waals surface area contributed by atoms with Gasteiger partial charge in [-0.15, -0.1) is 0 Å². The van der Waals surface area contributed by atoms with Gasteiger partial charge < -0.3 is 4.74 Å². The summed E-state index contributed by atoms with van der Waals surface area (Å²) in [5.41, 5.74) is 3.65. The molecule has 0 fully saturated rings. The van der Waals surface area contributed by atoms with Crippen LogP contribution in [0.3, 0.4) is 0 Å². The number of ether oxygens (including phenoxy) is 1. The van der Waals surface area contributed by atoms with E-state index in [0.29, 0.717) is 22.4 Å². The molecule has 0 aliphatic rings. The zero-order valence-electron chi connectivity index (χ0n) is 11.6. The van der Waals surface area contributed by atoms with Crippen LogP contribution in [0.15, 0.2) is 48.5 Å². The lowest BCUT2D eigenvalue weighted by Crippen LogP contribution is -2.27. The summed E-state index contributed by atoms with van der Waals surface area (Å²) in [5, 5.41) is 1.09. The molecule has 0 aliphatic carbocycles. The van der Waals surface area contributed by atoms with Gasteiger partial charge in [-0.2, -0.15) is 0 Å². The molecule has 2 aromatic rings. The maximum Gasteiger partial charge on any atom is 0.257 e. The Morgan fingerprint density at radius 3 is 2.64 bits per heavy atom. The fourth-order valence-electron chi connectivity index (χ4n) is 1.73. The van der Waals surface area contributed by atoms with Gasteiger partial charge in [0.1, 0.15) is 12.4 Å². The number of nitrogens with two attached hydrogens (primary N) is 1. The molecule has 114 valence electrons. The topological polar surface area (TPSA) is 64.3 Å². The number of rotatable bonds is 5. The molecule has 0 radical (unpaired) electrons. The predicted molar refractivity (Wildman–Crippen MR) is 88.6 cm³/mol.